The number of anilines is 1. The Labute approximate surface area is 104 Å². The first-order valence-corrected chi connectivity index (χ1v) is 5.70. The van der Waals surface area contributed by atoms with Crippen LogP contribution in [0.3, 0.4) is 0 Å². The maximum atomic E-state index is 12.8. The minimum Gasteiger partial charge on any atom is -0.332 e. The average molecular weight is 249 g/mol. The third-order valence-electron chi connectivity index (χ3n) is 2.85. The molecule has 2 N–H and O–H groups in total. The van der Waals surface area contributed by atoms with Gasteiger partial charge in [-0.15, -0.1) is 0 Å². The van der Waals surface area contributed by atoms with Crippen LogP contribution in [-0.4, -0.2) is 24.4 Å². The lowest BCUT2D eigenvalue weighted by Gasteiger charge is -2.13. The summed E-state index contributed by atoms with van der Waals surface area (Å²) in [7, 11) is 0. The number of quaternary nitrogens is 1. The van der Waals surface area contributed by atoms with Gasteiger partial charge in [-0.1, -0.05) is 6.58 Å². The molecular weight excluding hydrogens is 235 g/mol. The number of nitrogens with zero attached hydrogens (tertiary/aromatic N) is 1. The van der Waals surface area contributed by atoms with E-state index in [9.17, 15) is 14.0 Å². The van der Waals surface area contributed by atoms with E-state index in [4.69, 9.17) is 0 Å². The Kier molecular flexibility index (Phi) is 3.53. The summed E-state index contributed by atoms with van der Waals surface area (Å²) in [5, 5.41) is 1.77. The fraction of sp³-hybridized carbons (Fsp3) is 0.231. The minimum atomic E-state index is -0.402. The summed E-state index contributed by atoms with van der Waals surface area (Å²) in [6.07, 6.45) is 1.85. The molecule has 94 valence electrons. The van der Waals surface area contributed by atoms with Gasteiger partial charge in [0, 0.05) is 0 Å². The van der Waals surface area contributed by atoms with Crippen LogP contribution in [0.15, 0.2) is 36.9 Å². The molecule has 0 saturated carbocycles. The monoisotopic (exact) mass is 249 g/mol. The van der Waals surface area contributed by atoms with Crippen LogP contribution in [0.2, 0.25) is 0 Å². The number of rotatable bonds is 4. The number of nitrogens with two attached hydrogens (primary N) is 1. The average Bonchev–Trinajstić information content (AvgIpc) is 2.63. The van der Waals surface area contributed by atoms with Gasteiger partial charge >= 0.3 is 0 Å². The zero-order valence-corrected chi connectivity index (χ0v) is 9.80. The molecule has 0 spiro atoms. The molecule has 0 aliphatic carbocycles. The lowest BCUT2D eigenvalue weighted by atomic mass is 10.2. The molecule has 0 radical (unpaired) electrons. The summed E-state index contributed by atoms with van der Waals surface area (Å²) in [4.78, 5) is 25.0. The lowest BCUT2D eigenvalue weighted by Crippen LogP contribution is -2.91. The number of carbonyl (C=O) groups is 2. The largest absolute Gasteiger partial charge is 0.332 e. The van der Waals surface area contributed by atoms with Crippen LogP contribution in [-0.2, 0) is 9.59 Å². The van der Waals surface area contributed by atoms with Crippen molar-refractivity contribution in [1.82, 2.24) is 0 Å². The van der Waals surface area contributed by atoms with Crippen LogP contribution < -0.4 is 10.2 Å². The summed E-state index contributed by atoms with van der Waals surface area (Å²) in [5.74, 6) is -0.905. The van der Waals surface area contributed by atoms with E-state index in [2.05, 4.69) is 6.58 Å². The van der Waals surface area contributed by atoms with Crippen LogP contribution in [0.1, 0.15) is 6.42 Å². The normalized spacial score (nSPS) is 19.4. The zero-order chi connectivity index (χ0) is 13.1. The van der Waals surface area contributed by atoms with Crippen molar-refractivity contribution in [3.63, 3.8) is 0 Å². The second-order valence-corrected chi connectivity index (χ2v) is 4.11. The van der Waals surface area contributed by atoms with Crippen LogP contribution in [0.5, 0.6) is 0 Å². The first-order valence-electron chi connectivity index (χ1n) is 5.70. The summed E-state index contributed by atoms with van der Waals surface area (Å²) in [6, 6.07) is 4.93. The molecule has 1 aliphatic rings. The van der Waals surface area contributed by atoms with Gasteiger partial charge in [0.15, 0.2) is 6.04 Å². The topological polar surface area (TPSA) is 54.0 Å². The minimum absolute atomic E-state index is 0.171. The number of hydrogen-bond acceptors (Lipinski definition) is 2. The van der Waals surface area contributed by atoms with E-state index >= 15 is 0 Å². The van der Waals surface area contributed by atoms with Crippen molar-refractivity contribution in [1.29, 1.82) is 0 Å². The van der Waals surface area contributed by atoms with Gasteiger partial charge in [-0.25, -0.2) is 9.29 Å². The Morgan fingerprint density at radius 3 is 2.67 bits per heavy atom. The molecule has 2 amide bonds. The highest BCUT2D eigenvalue weighted by atomic mass is 19.1. The number of halogens is 1. The molecule has 1 atom stereocenters. The van der Waals surface area contributed by atoms with Gasteiger partial charge in [-0.2, -0.15) is 0 Å². The van der Waals surface area contributed by atoms with Crippen LogP contribution in [0.4, 0.5) is 10.1 Å². The van der Waals surface area contributed by atoms with Crippen molar-refractivity contribution >= 4 is 17.5 Å². The van der Waals surface area contributed by atoms with Crippen molar-refractivity contribution in [2.45, 2.75) is 12.5 Å². The third-order valence-corrected chi connectivity index (χ3v) is 2.85. The molecule has 1 heterocycles. The van der Waals surface area contributed by atoms with Crippen LogP contribution in [0, 0.1) is 5.82 Å². The van der Waals surface area contributed by atoms with Crippen molar-refractivity contribution in [3.8, 4) is 0 Å². The summed E-state index contributed by atoms with van der Waals surface area (Å²) >= 11 is 0. The predicted molar refractivity (Wildman–Crippen MR) is 64.3 cm³/mol. The molecule has 1 aliphatic heterocycles. The number of imide groups is 1. The van der Waals surface area contributed by atoms with Crippen LogP contribution >= 0.6 is 0 Å². The Morgan fingerprint density at radius 1 is 1.39 bits per heavy atom. The molecule has 5 heteroatoms. The third kappa shape index (κ3) is 2.31. The molecular formula is C13H14FN2O2+. The molecule has 0 aromatic heterocycles. The number of amides is 2. The highest BCUT2D eigenvalue weighted by Crippen LogP contribution is 2.21. The molecule has 4 nitrogen and oxygen atoms in total. The Balaban J connectivity index is 2.18. The molecule has 1 aromatic carbocycles. The van der Waals surface area contributed by atoms with Gasteiger partial charge in [0.25, 0.3) is 5.91 Å². The van der Waals surface area contributed by atoms with Gasteiger partial charge in [0.2, 0.25) is 5.91 Å². The number of hydrogen-bond donors (Lipinski definition) is 1. The first kappa shape index (κ1) is 12.4. The maximum absolute atomic E-state index is 12.8. The van der Waals surface area contributed by atoms with E-state index < -0.39 is 11.9 Å². The van der Waals surface area contributed by atoms with Gasteiger partial charge in [0.05, 0.1) is 18.7 Å². The maximum Gasteiger partial charge on any atom is 0.292 e. The van der Waals surface area contributed by atoms with E-state index in [0.29, 0.717) is 12.2 Å². The fourth-order valence-corrected chi connectivity index (χ4v) is 1.96. The first-order chi connectivity index (χ1) is 8.63. The van der Waals surface area contributed by atoms with Gasteiger partial charge in [-0.3, -0.25) is 9.59 Å². The smallest absolute Gasteiger partial charge is 0.292 e. The summed E-state index contributed by atoms with van der Waals surface area (Å²) < 4.78 is 12.8. The van der Waals surface area contributed by atoms with E-state index in [1.165, 1.54) is 24.3 Å². The highest BCUT2D eigenvalue weighted by Gasteiger charge is 2.41. The van der Waals surface area contributed by atoms with E-state index in [0.717, 1.165) is 4.90 Å². The van der Waals surface area contributed by atoms with Gasteiger partial charge < -0.3 is 5.32 Å². The Bertz CT molecular complexity index is 484. The van der Waals surface area contributed by atoms with E-state index in [-0.39, 0.29) is 18.2 Å². The SMILES string of the molecule is C=CC[NH2+][C@H]1CC(=O)N(c2ccc(F)cc2)C1=O. The van der Waals surface area contributed by atoms with Crippen molar-refractivity contribution in [2.24, 2.45) is 0 Å². The summed E-state index contributed by atoms with van der Waals surface area (Å²) in [5.41, 5.74) is 0.418. The van der Waals surface area contributed by atoms with E-state index in [1.807, 2.05) is 0 Å². The number of carbonyl (C=O) groups excluding carboxylic acids is 2. The molecule has 1 aromatic rings. The second-order valence-electron chi connectivity index (χ2n) is 4.11. The molecule has 18 heavy (non-hydrogen) atoms. The quantitative estimate of drug-likeness (QED) is 0.612. The highest BCUT2D eigenvalue weighted by molar-refractivity contribution is 6.21. The van der Waals surface area contributed by atoms with Crippen molar-refractivity contribution < 1.29 is 19.3 Å². The Morgan fingerprint density at radius 2 is 2.06 bits per heavy atom. The van der Waals surface area contributed by atoms with Crippen molar-refractivity contribution in [2.75, 3.05) is 11.4 Å². The van der Waals surface area contributed by atoms with Gasteiger partial charge in [0.1, 0.15) is 5.82 Å². The van der Waals surface area contributed by atoms with Crippen LogP contribution in [0.25, 0.3) is 0 Å². The number of benzene rings is 1. The summed E-state index contributed by atoms with van der Waals surface area (Å²) in [6.45, 7) is 4.15. The van der Waals surface area contributed by atoms with Crippen molar-refractivity contribution in [3.05, 3.63) is 42.7 Å². The van der Waals surface area contributed by atoms with E-state index in [1.54, 1.807) is 11.4 Å². The second kappa shape index (κ2) is 5.10. The standard InChI is InChI=1S/C13H13FN2O2/c1-2-7-15-11-8-12(17)16(13(11)18)10-5-3-9(14)4-6-10/h2-6,11,15H,1,7-8H2/p+1/t11-/m0/s1. The zero-order valence-electron chi connectivity index (χ0n) is 9.80. The molecule has 0 bridgehead atoms. The molecule has 1 saturated heterocycles. The molecule has 2 rings (SSSR count). The van der Waals surface area contributed by atoms with Gasteiger partial charge in [-0.05, 0) is 30.3 Å². The lowest BCUT2D eigenvalue weighted by molar-refractivity contribution is -0.666. The molecule has 0 unspecified atom stereocenters. The predicted octanol–water partition coefficient (Wildman–Crippen LogP) is 0.207. The fourth-order valence-electron chi connectivity index (χ4n) is 1.96. The molecule has 1 fully saturated rings. The Hall–Kier alpha value is -2.01.